The number of carbonyl (C=O) groups excluding carboxylic acids is 1. The highest BCUT2D eigenvalue weighted by Gasteiger charge is 2.40. The summed E-state index contributed by atoms with van der Waals surface area (Å²) in [5.74, 6) is 0.451. The Morgan fingerprint density at radius 2 is 1.88 bits per heavy atom. The molecule has 1 aromatic rings. The van der Waals surface area contributed by atoms with Gasteiger partial charge in [0.05, 0.1) is 12.7 Å². The Morgan fingerprint density at radius 3 is 2.52 bits per heavy atom. The topological polar surface area (TPSA) is 38.3 Å². The summed E-state index contributed by atoms with van der Waals surface area (Å²) in [5.41, 5.74) is 0.223. The predicted molar refractivity (Wildman–Crippen MR) is 87.8 cm³/mol. The van der Waals surface area contributed by atoms with E-state index in [9.17, 15) is 18.0 Å². The van der Waals surface area contributed by atoms with E-state index in [4.69, 9.17) is 4.74 Å². The van der Waals surface area contributed by atoms with E-state index in [0.717, 1.165) is 43.4 Å². The van der Waals surface area contributed by atoms with Crippen LogP contribution in [0.5, 0.6) is 0 Å². The quantitative estimate of drug-likeness (QED) is 0.813. The Balaban J connectivity index is 1.78. The normalized spacial score (nSPS) is 29.8. The van der Waals surface area contributed by atoms with Crippen LogP contribution in [-0.4, -0.2) is 19.1 Å². The van der Waals surface area contributed by atoms with E-state index in [1.807, 2.05) is 0 Å². The molecule has 3 nitrogen and oxygen atoms in total. The van der Waals surface area contributed by atoms with Gasteiger partial charge in [0.25, 0.3) is 0 Å². The molecule has 0 radical (unpaired) electrons. The molecule has 0 bridgehead atoms. The van der Waals surface area contributed by atoms with Gasteiger partial charge < -0.3 is 10.1 Å². The van der Waals surface area contributed by atoms with Gasteiger partial charge in [0, 0.05) is 18.5 Å². The van der Waals surface area contributed by atoms with Crippen molar-refractivity contribution >= 4 is 5.97 Å². The van der Waals surface area contributed by atoms with Gasteiger partial charge in [-0.05, 0) is 48.8 Å². The number of piperidine rings is 1. The maximum atomic E-state index is 12.8. The van der Waals surface area contributed by atoms with Gasteiger partial charge >= 0.3 is 12.1 Å². The number of carbonyl (C=O) groups is 1. The molecule has 0 spiro atoms. The van der Waals surface area contributed by atoms with Crippen molar-refractivity contribution in [3.05, 3.63) is 35.4 Å². The zero-order valence-corrected chi connectivity index (χ0v) is 14.3. The van der Waals surface area contributed by atoms with Crippen LogP contribution in [0.2, 0.25) is 0 Å². The highest BCUT2D eigenvalue weighted by atomic mass is 19.4. The molecular weight excluding hydrogens is 331 g/mol. The van der Waals surface area contributed by atoms with Crippen LogP contribution >= 0.6 is 0 Å². The molecule has 1 aromatic carbocycles. The number of rotatable bonds is 3. The molecular formula is C19H24F3NO2. The summed E-state index contributed by atoms with van der Waals surface area (Å²) in [6.45, 7) is 0. The van der Waals surface area contributed by atoms with Gasteiger partial charge in [-0.1, -0.05) is 25.0 Å². The first kappa shape index (κ1) is 18.2. The second-order valence-corrected chi connectivity index (χ2v) is 7.17. The van der Waals surface area contributed by atoms with E-state index in [1.54, 1.807) is 12.1 Å². The standard InChI is InChI=1S/C19H24F3NO2/c1-25-18(24)11-13-10-17(23-16-5-3-2-4-15(13)16)12-6-8-14(9-7-12)19(20,21)22/h6-9,13,15-17,23H,2-5,10-11H2,1H3/t13-,15-,16+,17+/m1/s1. The van der Waals surface area contributed by atoms with Crippen LogP contribution in [0.4, 0.5) is 13.2 Å². The van der Waals surface area contributed by atoms with Gasteiger partial charge in [-0.2, -0.15) is 13.2 Å². The van der Waals surface area contributed by atoms with Crippen molar-refractivity contribution in [1.82, 2.24) is 5.32 Å². The molecule has 1 saturated heterocycles. The minimum absolute atomic E-state index is 0.0173. The van der Waals surface area contributed by atoms with Crippen LogP contribution in [0.3, 0.4) is 0 Å². The summed E-state index contributed by atoms with van der Waals surface area (Å²) in [5, 5.41) is 3.62. The third-order valence-corrected chi connectivity index (χ3v) is 5.68. The highest BCUT2D eigenvalue weighted by Crippen LogP contribution is 2.42. The summed E-state index contributed by atoms with van der Waals surface area (Å²) >= 11 is 0. The van der Waals surface area contributed by atoms with Gasteiger partial charge in [0.1, 0.15) is 0 Å². The van der Waals surface area contributed by atoms with Gasteiger partial charge in [-0.25, -0.2) is 0 Å². The van der Waals surface area contributed by atoms with E-state index in [-0.39, 0.29) is 17.9 Å². The fourth-order valence-electron chi connectivity index (χ4n) is 4.40. The van der Waals surface area contributed by atoms with Crippen molar-refractivity contribution in [2.24, 2.45) is 11.8 Å². The Morgan fingerprint density at radius 1 is 1.20 bits per heavy atom. The number of hydrogen-bond acceptors (Lipinski definition) is 3. The van der Waals surface area contributed by atoms with Crippen LogP contribution in [-0.2, 0) is 15.7 Å². The van der Waals surface area contributed by atoms with Crippen molar-refractivity contribution in [2.45, 2.75) is 56.8 Å². The Kier molecular flexibility index (Phi) is 5.37. The van der Waals surface area contributed by atoms with Gasteiger partial charge in [-0.3, -0.25) is 4.79 Å². The molecule has 138 valence electrons. The van der Waals surface area contributed by atoms with E-state index in [1.165, 1.54) is 13.5 Å². The lowest BCUT2D eigenvalue weighted by Crippen LogP contribution is -2.49. The lowest BCUT2D eigenvalue weighted by molar-refractivity contribution is -0.143. The van der Waals surface area contributed by atoms with Gasteiger partial charge in [0.15, 0.2) is 0 Å². The molecule has 3 rings (SSSR count). The second-order valence-electron chi connectivity index (χ2n) is 7.17. The first-order valence-corrected chi connectivity index (χ1v) is 8.88. The molecule has 1 aliphatic heterocycles. The summed E-state index contributed by atoms with van der Waals surface area (Å²) < 4.78 is 43.1. The third-order valence-electron chi connectivity index (χ3n) is 5.68. The van der Waals surface area contributed by atoms with E-state index in [0.29, 0.717) is 18.4 Å². The van der Waals surface area contributed by atoms with Crippen LogP contribution in [0.25, 0.3) is 0 Å². The molecule has 4 atom stereocenters. The average molecular weight is 355 g/mol. The highest BCUT2D eigenvalue weighted by molar-refractivity contribution is 5.69. The molecule has 1 heterocycles. The molecule has 6 heteroatoms. The second kappa shape index (κ2) is 7.36. The smallest absolute Gasteiger partial charge is 0.416 e. The molecule has 0 amide bonds. The average Bonchev–Trinajstić information content (AvgIpc) is 2.61. The third kappa shape index (κ3) is 4.17. The number of halogens is 3. The summed E-state index contributed by atoms with van der Waals surface area (Å²) in [7, 11) is 1.40. The van der Waals surface area contributed by atoms with Crippen molar-refractivity contribution in [3.8, 4) is 0 Å². The SMILES string of the molecule is COC(=O)C[C@H]1C[C@@H](c2ccc(C(F)(F)F)cc2)N[C@H]2CCCC[C@H]12. The fourth-order valence-corrected chi connectivity index (χ4v) is 4.40. The van der Waals surface area contributed by atoms with Crippen LogP contribution < -0.4 is 5.32 Å². The number of methoxy groups -OCH3 is 1. The Hall–Kier alpha value is -1.56. The Labute approximate surface area is 145 Å². The van der Waals surface area contributed by atoms with Crippen LogP contribution in [0.15, 0.2) is 24.3 Å². The maximum absolute atomic E-state index is 12.8. The number of alkyl halides is 3. The zero-order chi connectivity index (χ0) is 18.0. The van der Waals surface area contributed by atoms with E-state index < -0.39 is 11.7 Å². The zero-order valence-electron chi connectivity index (χ0n) is 14.3. The molecule has 2 fully saturated rings. The largest absolute Gasteiger partial charge is 0.469 e. The number of ether oxygens (including phenoxy) is 1. The van der Waals surface area contributed by atoms with Crippen molar-refractivity contribution in [2.75, 3.05) is 7.11 Å². The lowest BCUT2D eigenvalue weighted by atomic mass is 9.69. The number of fused-ring (bicyclic) bond motifs is 1. The van der Waals surface area contributed by atoms with Crippen LogP contribution in [0, 0.1) is 11.8 Å². The first-order chi connectivity index (χ1) is 11.9. The fraction of sp³-hybridized carbons (Fsp3) is 0.632. The van der Waals surface area contributed by atoms with E-state index in [2.05, 4.69) is 5.32 Å². The lowest BCUT2D eigenvalue weighted by Gasteiger charge is -2.45. The number of esters is 1. The number of hydrogen-bond donors (Lipinski definition) is 1. The predicted octanol–water partition coefficient (Wildman–Crippen LogP) is 4.48. The molecule has 2 aliphatic rings. The summed E-state index contributed by atoms with van der Waals surface area (Å²) in [4.78, 5) is 11.8. The van der Waals surface area contributed by atoms with Crippen molar-refractivity contribution in [3.63, 3.8) is 0 Å². The maximum Gasteiger partial charge on any atom is 0.416 e. The van der Waals surface area contributed by atoms with Gasteiger partial charge in [0.2, 0.25) is 0 Å². The van der Waals surface area contributed by atoms with Crippen molar-refractivity contribution in [1.29, 1.82) is 0 Å². The molecule has 0 unspecified atom stereocenters. The van der Waals surface area contributed by atoms with Gasteiger partial charge in [-0.15, -0.1) is 0 Å². The summed E-state index contributed by atoms with van der Waals surface area (Å²) in [6.07, 6.45) is 1.29. The minimum Gasteiger partial charge on any atom is -0.469 e. The van der Waals surface area contributed by atoms with Crippen molar-refractivity contribution < 1.29 is 22.7 Å². The molecule has 1 N–H and O–H groups in total. The van der Waals surface area contributed by atoms with Crippen LogP contribution in [0.1, 0.15) is 55.7 Å². The first-order valence-electron chi connectivity index (χ1n) is 8.88. The molecule has 1 saturated carbocycles. The number of benzene rings is 1. The Bertz CT molecular complexity index is 600. The molecule has 0 aromatic heterocycles. The molecule has 1 aliphatic carbocycles. The number of nitrogens with one attached hydrogen (secondary N) is 1. The molecule has 25 heavy (non-hydrogen) atoms. The summed E-state index contributed by atoms with van der Waals surface area (Å²) in [6, 6.07) is 5.69. The monoisotopic (exact) mass is 355 g/mol. The van der Waals surface area contributed by atoms with E-state index >= 15 is 0 Å². The minimum atomic E-state index is -4.32.